The number of aromatic nitrogens is 2. The minimum atomic E-state index is -4.53. The molecule has 1 aliphatic rings. The highest BCUT2D eigenvalue weighted by Gasteiger charge is 2.37. The van der Waals surface area contributed by atoms with Crippen LogP contribution in [0.25, 0.3) is 0 Å². The van der Waals surface area contributed by atoms with Crippen molar-refractivity contribution in [2.24, 2.45) is 11.5 Å². The van der Waals surface area contributed by atoms with Gasteiger partial charge < -0.3 is 11.5 Å². The average Bonchev–Trinajstić information content (AvgIpc) is 3.17. The minimum Gasteiger partial charge on any atom is -0.382 e. The minimum absolute atomic E-state index is 0.00800. The Kier molecular flexibility index (Phi) is 4.48. The van der Waals surface area contributed by atoms with Gasteiger partial charge in [0, 0.05) is 11.4 Å². The highest BCUT2D eigenvalue weighted by molar-refractivity contribution is 5.83. The molecule has 0 unspecified atom stereocenters. The number of anilines is 4. The van der Waals surface area contributed by atoms with E-state index in [4.69, 9.17) is 16.1 Å². The van der Waals surface area contributed by atoms with Crippen LogP contribution in [0, 0.1) is 0 Å². The third kappa shape index (κ3) is 3.47. The van der Waals surface area contributed by atoms with E-state index in [9.17, 15) is 26.3 Å². The lowest BCUT2D eigenvalue weighted by molar-refractivity contribution is -0.138. The van der Waals surface area contributed by atoms with Crippen LogP contribution in [-0.2, 0) is 12.4 Å². The van der Waals surface area contributed by atoms with Crippen molar-refractivity contribution >= 4 is 23.0 Å². The fourth-order valence-electron chi connectivity index (χ4n) is 3.04. The van der Waals surface area contributed by atoms with Gasteiger partial charge in [-0.3, -0.25) is 9.80 Å². The molecule has 0 spiro atoms. The molecule has 0 saturated carbocycles. The fraction of sp³-hybridized carbons (Fsp3) is 0.111. The first-order valence-corrected chi connectivity index (χ1v) is 8.51. The molecule has 162 valence electrons. The predicted molar refractivity (Wildman–Crippen MR) is 96.9 cm³/mol. The number of benzene rings is 2. The zero-order valence-electron chi connectivity index (χ0n) is 15.2. The quantitative estimate of drug-likeness (QED) is 0.567. The Bertz CT molecular complexity index is 1050. The number of hydrogen-bond acceptors (Lipinski definition) is 7. The number of alkyl halides is 6. The Labute approximate surface area is 170 Å². The van der Waals surface area contributed by atoms with Crippen LogP contribution in [0.1, 0.15) is 11.1 Å². The first kappa shape index (κ1) is 20.4. The predicted octanol–water partition coefficient (Wildman–Crippen LogP) is 4.44. The summed E-state index contributed by atoms with van der Waals surface area (Å²) < 4.78 is 81.8. The van der Waals surface area contributed by atoms with Gasteiger partial charge in [-0.05, 0) is 58.8 Å². The molecule has 0 amide bonds. The second-order valence-corrected chi connectivity index (χ2v) is 6.44. The number of halogens is 6. The molecule has 7 nitrogen and oxygen atoms in total. The molecule has 1 aromatic heterocycles. The highest BCUT2D eigenvalue weighted by Crippen LogP contribution is 2.43. The summed E-state index contributed by atoms with van der Waals surface area (Å²) >= 11 is 0. The Morgan fingerprint density at radius 1 is 0.613 bits per heavy atom. The Morgan fingerprint density at radius 3 is 1.23 bits per heavy atom. The molecule has 2 aromatic carbocycles. The van der Waals surface area contributed by atoms with E-state index in [1.807, 2.05) is 0 Å². The van der Waals surface area contributed by atoms with Crippen molar-refractivity contribution in [2.75, 3.05) is 9.80 Å². The maximum Gasteiger partial charge on any atom is 0.416 e. The van der Waals surface area contributed by atoms with Crippen LogP contribution in [0.15, 0.2) is 64.8 Å². The average molecular weight is 442 g/mol. The molecule has 0 bridgehead atoms. The summed E-state index contributed by atoms with van der Waals surface area (Å²) in [5, 5.41) is 7.46. The molecular weight excluding hydrogens is 430 g/mol. The zero-order valence-corrected chi connectivity index (χ0v) is 15.2. The molecular formula is C18H12F6N6O. The standard InChI is InChI=1S/C18H12F6N6O/c19-17(20,21)9-1-5-11(6-2-9)29-13(25)14(26)30(16-15(29)27-31-28-16)12-7-3-10(4-8-12)18(22,23)24/h1-8H,25-26H2. The van der Waals surface area contributed by atoms with E-state index in [1.54, 1.807) is 0 Å². The molecule has 2 heterocycles. The molecule has 0 saturated heterocycles. The number of hydrogen-bond donors (Lipinski definition) is 2. The van der Waals surface area contributed by atoms with Crippen molar-refractivity contribution in [1.29, 1.82) is 0 Å². The molecule has 13 heteroatoms. The molecule has 0 atom stereocenters. The Morgan fingerprint density at radius 2 is 0.935 bits per heavy atom. The maximum absolute atomic E-state index is 12.8. The van der Waals surface area contributed by atoms with E-state index in [-0.39, 0.29) is 34.7 Å². The summed E-state index contributed by atoms with van der Waals surface area (Å²) in [6.45, 7) is 0. The van der Waals surface area contributed by atoms with Crippen LogP contribution >= 0.6 is 0 Å². The molecule has 1 aliphatic heterocycles. The van der Waals surface area contributed by atoms with Gasteiger partial charge in [0.15, 0.2) is 11.6 Å². The number of nitrogens with two attached hydrogens (primary N) is 2. The largest absolute Gasteiger partial charge is 0.416 e. The van der Waals surface area contributed by atoms with Crippen molar-refractivity contribution in [3.63, 3.8) is 0 Å². The van der Waals surface area contributed by atoms with Gasteiger partial charge in [0.2, 0.25) is 11.6 Å². The van der Waals surface area contributed by atoms with Gasteiger partial charge in [-0.25, -0.2) is 4.63 Å². The summed E-state index contributed by atoms with van der Waals surface area (Å²) in [7, 11) is 0. The lowest BCUT2D eigenvalue weighted by Gasteiger charge is -2.34. The smallest absolute Gasteiger partial charge is 0.382 e. The molecule has 31 heavy (non-hydrogen) atoms. The highest BCUT2D eigenvalue weighted by atomic mass is 19.4. The first-order valence-electron chi connectivity index (χ1n) is 8.51. The van der Waals surface area contributed by atoms with Crippen molar-refractivity contribution < 1.29 is 31.0 Å². The normalized spacial score (nSPS) is 14.8. The van der Waals surface area contributed by atoms with E-state index in [0.29, 0.717) is 0 Å². The van der Waals surface area contributed by atoms with Gasteiger partial charge in [0.1, 0.15) is 0 Å². The van der Waals surface area contributed by atoms with Crippen molar-refractivity contribution in [1.82, 2.24) is 10.3 Å². The van der Waals surface area contributed by atoms with Gasteiger partial charge in [0.25, 0.3) is 0 Å². The topological polar surface area (TPSA) is 97.4 Å². The van der Waals surface area contributed by atoms with Crippen molar-refractivity contribution in [3.8, 4) is 0 Å². The SMILES string of the molecule is NC1=C(N)N(c2ccc(C(F)(F)F)cc2)c2nonc2N1c1ccc(C(F)(F)F)cc1. The van der Waals surface area contributed by atoms with Gasteiger partial charge in [-0.2, -0.15) is 26.3 Å². The van der Waals surface area contributed by atoms with Gasteiger partial charge >= 0.3 is 12.4 Å². The van der Waals surface area contributed by atoms with Gasteiger partial charge in [-0.1, -0.05) is 0 Å². The maximum atomic E-state index is 12.8. The van der Waals surface area contributed by atoms with Crippen molar-refractivity contribution in [3.05, 3.63) is 71.3 Å². The second-order valence-electron chi connectivity index (χ2n) is 6.44. The zero-order chi connectivity index (χ0) is 22.6. The summed E-state index contributed by atoms with van der Waals surface area (Å²) in [5.74, 6) is -0.288. The van der Waals surface area contributed by atoms with E-state index in [1.165, 1.54) is 9.80 Å². The van der Waals surface area contributed by atoms with E-state index < -0.39 is 23.5 Å². The van der Waals surface area contributed by atoms with Crippen LogP contribution in [0.2, 0.25) is 0 Å². The van der Waals surface area contributed by atoms with E-state index in [2.05, 4.69) is 10.3 Å². The van der Waals surface area contributed by atoms with Crippen LogP contribution in [0.5, 0.6) is 0 Å². The van der Waals surface area contributed by atoms with Crippen LogP contribution in [0.4, 0.5) is 49.4 Å². The molecule has 4 rings (SSSR count). The van der Waals surface area contributed by atoms with E-state index >= 15 is 0 Å². The summed E-state index contributed by atoms with van der Waals surface area (Å²) in [6.07, 6.45) is -9.05. The number of rotatable bonds is 2. The third-order valence-corrected chi connectivity index (χ3v) is 4.53. The first-order chi connectivity index (χ1) is 14.5. The lowest BCUT2D eigenvalue weighted by Crippen LogP contribution is -2.38. The summed E-state index contributed by atoms with van der Waals surface area (Å²) in [4.78, 5) is 2.45. The molecule has 0 radical (unpaired) electrons. The summed E-state index contributed by atoms with van der Waals surface area (Å²) in [6, 6.07) is 8.07. The molecule has 3 aromatic rings. The monoisotopic (exact) mass is 442 g/mol. The second kappa shape index (κ2) is 6.82. The van der Waals surface area contributed by atoms with Crippen molar-refractivity contribution in [2.45, 2.75) is 12.4 Å². The van der Waals surface area contributed by atoms with Crippen LogP contribution < -0.4 is 21.3 Å². The lowest BCUT2D eigenvalue weighted by atomic mass is 10.1. The number of nitrogens with zero attached hydrogens (tertiary/aromatic N) is 4. The fourth-order valence-corrected chi connectivity index (χ4v) is 3.04. The third-order valence-electron chi connectivity index (χ3n) is 4.53. The summed E-state index contributed by atoms with van der Waals surface area (Å²) in [5.41, 5.74) is 10.9. The van der Waals surface area contributed by atoms with Crippen LogP contribution in [0.3, 0.4) is 0 Å². The molecule has 0 aliphatic carbocycles. The molecule has 4 N–H and O–H groups in total. The van der Waals surface area contributed by atoms with Gasteiger partial charge in [-0.15, -0.1) is 0 Å². The number of fused-ring (bicyclic) bond motifs is 1. The van der Waals surface area contributed by atoms with Crippen LogP contribution in [-0.4, -0.2) is 10.3 Å². The Balaban J connectivity index is 1.76. The van der Waals surface area contributed by atoms with Gasteiger partial charge in [0.05, 0.1) is 11.1 Å². The Hall–Kier alpha value is -3.90. The van der Waals surface area contributed by atoms with E-state index in [0.717, 1.165) is 48.5 Å². The molecule has 0 fully saturated rings.